The molecule has 0 fully saturated rings. The highest BCUT2D eigenvalue weighted by Crippen LogP contribution is 2.20. The SMILES string of the molecule is CC(=O)c1nc2ccncc2s1. The average Bonchev–Trinajstić information content (AvgIpc) is 2.46. The maximum atomic E-state index is 10.9. The van der Waals surface area contributed by atoms with Crippen LogP contribution in [0, 0.1) is 0 Å². The van der Waals surface area contributed by atoms with Crippen LogP contribution in [0.1, 0.15) is 16.7 Å². The number of pyridine rings is 1. The summed E-state index contributed by atoms with van der Waals surface area (Å²) in [4.78, 5) is 19.0. The van der Waals surface area contributed by atoms with Crippen LogP contribution >= 0.6 is 11.3 Å². The fourth-order valence-electron chi connectivity index (χ4n) is 0.931. The summed E-state index contributed by atoms with van der Waals surface area (Å²) in [7, 11) is 0. The summed E-state index contributed by atoms with van der Waals surface area (Å²) in [6.07, 6.45) is 3.39. The first kappa shape index (κ1) is 7.36. The van der Waals surface area contributed by atoms with Crippen LogP contribution < -0.4 is 0 Å². The molecule has 0 unspecified atom stereocenters. The van der Waals surface area contributed by atoms with E-state index in [2.05, 4.69) is 9.97 Å². The molecule has 4 heteroatoms. The van der Waals surface area contributed by atoms with E-state index in [1.54, 1.807) is 18.5 Å². The number of carbonyl (C=O) groups is 1. The highest BCUT2D eigenvalue weighted by molar-refractivity contribution is 7.20. The lowest BCUT2D eigenvalue weighted by molar-refractivity contribution is 0.101. The molecule has 2 rings (SSSR count). The van der Waals surface area contributed by atoms with Gasteiger partial charge in [0.2, 0.25) is 0 Å². The molecule has 0 aliphatic rings. The minimum atomic E-state index is 0.0104. The summed E-state index contributed by atoms with van der Waals surface area (Å²) in [5.74, 6) is 0.0104. The Morgan fingerprint density at radius 3 is 3.08 bits per heavy atom. The molecular formula is C8H6N2OS. The maximum absolute atomic E-state index is 10.9. The summed E-state index contributed by atoms with van der Waals surface area (Å²) in [6, 6.07) is 1.80. The normalized spacial score (nSPS) is 10.4. The van der Waals surface area contributed by atoms with Crippen LogP contribution in [0.3, 0.4) is 0 Å². The highest BCUT2D eigenvalue weighted by atomic mass is 32.1. The lowest BCUT2D eigenvalue weighted by Gasteiger charge is -1.80. The highest BCUT2D eigenvalue weighted by Gasteiger charge is 2.06. The third kappa shape index (κ3) is 1.10. The largest absolute Gasteiger partial charge is 0.292 e. The van der Waals surface area contributed by atoms with Crippen LogP contribution in [0.4, 0.5) is 0 Å². The molecule has 12 heavy (non-hydrogen) atoms. The Bertz CT molecular complexity index is 402. The standard InChI is InChI=1S/C8H6N2OS/c1-5(11)8-10-6-2-3-9-4-7(6)12-8/h2-4H,1H3. The fraction of sp³-hybridized carbons (Fsp3) is 0.125. The molecule has 0 aromatic carbocycles. The first-order valence-electron chi connectivity index (χ1n) is 3.49. The molecule has 0 aliphatic carbocycles. The predicted molar refractivity (Wildman–Crippen MR) is 47.4 cm³/mol. The van der Waals surface area contributed by atoms with Gasteiger partial charge in [-0.2, -0.15) is 0 Å². The van der Waals surface area contributed by atoms with Gasteiger partial charge in [-0.25, -0.2) is 4.98 Å². The molecule has 0 atom stereocenters. The topological polar surface area (TPSA) is 42.9 Å². The Morgan fingerprint density at radius 1 is 1.58 bits per heavy atom. The Kier molecular flexibility index (Phi) is 1.62. The monoisotopic (exact) mass is 178 g/mol. The van der Waals surface area contributed by atoms with Crippen molar-refractivity contribution in [1.82, 2.24) is 9.97 Å². The number of aromatic nitrogens is 2. The molecule has 0 amide bonds. The van der Waals surface area contributed by atoms with Crippen LogP contribution in [0.25, 0.3) is 10.2 Å². The van der Waals surface area contributed by atoms with Gasteiger partial charge < -0.3 is 0 Å². The van der Waals surface area contributed by atoms with Crippen molar-refractivity contribution in [2.75, 3.05) is 0 Å². The van der Waals surface area contributed by atoms with Crippen LogP contribution in [0.15, 0.2) is 18.5 Å². The van der Waals surface area contributed by atoms with Gasteiger partial charge in [0.05, 0.1) is 10.2 Å². The molecule has 0 radical (unpaired) electrons. The van der Waals surface area contributed by atoms with Gasteiger partial charge >= 0.3 is 0 Å². The van der Waals surface area contributed by atoms with Crippen LogP contribution in [0.5, 0.6) is 0 Å². The van der Waals surface area contributed by atoms with Crippen molar-refractivity contribution >= 4 is 27.3 Å². The zero-order valence-corrected chi connectivity index (χ0v) is 7.26. The van der Waals surface area contributed by atoms with Gasteiger partial charge in [-0.1, -0.05) is 0 Å². The third-order valence-electron chi connectivity index (χ3n) is 1.49. The Labute approximate surface area is 73.1 Å². The van der Waals surface area contributed by atoms with E-state index in [-0.39, 0.29) is 5.78 Å². The summed E-state index contributed by atoms with van der Waals surface area (Å²) >= 11 is 1.38. The van der Waals surface area contributed by atoms with Gasteiger partial charge in [-0.05, 0) is 6.07 Å². The minimum absolute atomic E-state index is 0.0104. The van der Waals surface area contributed by atoms with Crippen LogP contribution in [-0.2, 0) is 0 Å². The molecule has 0 saturated heterocycles. The van der Waals surface area contributed by atoms with E-state index in [9.17, 15) is 4.79 Å². The van der Waals surface area contributed by atoms with Gasteiger partial charge in [-0.15, -0.1) is 11.3 Å². The second-order valence-corrected chi connectivity index (χ2v) is 3.45. The Morgan fingerprint density at radius 2 is 2.42 bits per heavy atom. The zero-order chi connectivity index (χ0) is 8.55. The molecule has 0 aliphatic heterocycles. The quantitative estimate of drug-likeness (QED) is 0.626. The number of rotatable bonds is 1. The van der Waals surface area contributed by atoms with Crippen molar-refractivity contribution in [3.05, 3.63) is 23.5 Å². The van der Waals surface area contributed by atoms with E-state index < -0.39 is 0 Å². The first-order chi connectivity index (χ1) is 5.77. The summed E-state index contributed by atoms with van der Waals surface area (Å²) in [6.45, 7) is 1.52. The molecule has 0 spiro atoms. The maximum Gasteiger partial charge on any atom is 0.188 e. The van der Waals surface area contributed by atoms with E-state index in [4.69, 9.17) is 0 Å². The number of carbonyl (C=O) groups excluding carboxylic acids is 1. The number of thiazole rings is 1. The molecule has 2 heterocycles. The molecule has 3 nitrogen and oxygen atoms in total. The van der Waals surface area contributed by atoms with Crippen molar-refractivity contribution in [3.63, 3.8) is 0 Å². The van der Waals surface area contributed by atoms with Crippen LogP contribution in [0.2, 0.25) is 0 Å². The van der Waals surface area contributed by atoms with Gasteiger partial charge in [0.15, 0.2) is 10.8 Å². The lowest BCUT2D eigenvalue weighted by atomic mass is 10.4. The molecular weight excluding hydrogens is 172 g/mol. The van der Waals surface area contributed by atoms with Gasteiger partial charge in [0, 0.05) is 19.3 Å². The number of ketones is 1. The molecule has 2 aromatic heterocycles. The second kappa shape index (κ2) is 2.64. The Hall–Kier alpha value is -1.29. The Balaban J connectivity index is 2.70. The fourth-order valence-corrected chi connectivity index (χ4v) is 1.76. The predicted octanol–water partition coefficient (Wildman–Crippen LogP) is 1.89. The molecule has 2 aromatic rings. The number of Topliss-reactive ketones (excluding diaryl/α,β-unsaturated/α-hetero) is 1. The van der Waals surface area contributed by atoms with Crippen molar-refractivity contribution in [1.29, 1.82) is 0 Å². The van der Waals surface area contributed by atoms with E-state index >= 15 is 0 Å². The molecule has 0 N–H and O–H groups in total. The van der Waals surface area contributed by atoms with Crippen molar-refractivity contribution < 1.29 is 4.79 Å². The summed E-state index contributed by atoms with van der Waals surface area (Å²) in [5.41, 5.74) is 0.847. The first-order valence-corrected chi connectivity index (χ1v) is 4.30. The average molecular weight is 178 g/mol. The van der Waals surface area contributed by atoms with E-state index in [1.807, 2.05) is 0 Å². The second-order valence-electron chi connectivity index (χ2n) is 2.42. The lowest BCUT2D eigenvalue weighted by Crippen LogP contribution is -1.87. The van der Waals surface area contributed by atoms with Crippen molar-refractivity contribution in [3.8, 4) is 0 Å². The number of fused-ring (bicyclic) bond motifs is 1. The number of hydrogen-bond donors (Lipinski definition) is 0. The third-order valence-corrected chi connectivity index (χ3v) is 2.60. The van der Waals surface area contributed by atoms with Crippen LogP contribution in [-0.4, -0.2) is 15.8 Å². The minimum Gasteiger partial charge on any atom is -0.292 e. The summed E-state index contributed by atoms with van der Waals surface area (Å²) < 4.78 is 0.961. The van der Waals surface area contributed by atoms with Gasteiger partial charge in [0.25, 0.3) is 0 Å². The zero-order valence-electron chi connectivity index (χ0n) is 6.44. The molecule has 0 saturated carbocycles. The molecule has 60 valence electrons. The van der Waals surface area contributed by atoms with E-state index in [1.165, 1.54) is 18.3 Å². The van der Waals surface area contributed by atoms with Gasteiger partial charge in [0.1, 0.15) is 0 Å². The van der Waals surface area contributed by atoms with Crippen molar-refractivity contribution in [2.24, 2.45) is 0 Å². The summed E-state index contributed by atoms with van der Waals surface area (Å²) in [5, 5.41) is 0.554. The molecule has 0 bridgehead atoms. The number of hydrogen-bond acceptors (Lipinski definition) is 4. The smallest absolute Gasteiger partial charge is 0.188 e. The van der Waals surface area contributed by atoms with Gasteiger partial charge in [-0.3, -0.25) is 9.78 Å². The number of nitrogens with zero attached hydrogens (tertiary/aromatic N) is 2. The van der Waals surface area contributed by atoms with E-state index in [0.29, 0.717) is 5.01 Å². The van der Waals surface area contributed by atoms with E-state index in [0.717, 1.165) is 10.2 Å². The van der Waals surface area contributed by atoms with Crippen molar-refractivity contribution in [2.45, 2.75) is 6.92 Å².